The van der Waals surface area contributed by atoms with Gasteiger partial charge in [-0.3, -0.25) is 0 Å². The molecule has 0 bridgehead atoms. The normalized spacial score (nSPS) is 17.4. The van der Waals surface area contributed by atoms with Gasteiger partial charge in [-0.1, -0.05) is 6.08 Å². The molecule has 0 saturated carbocycles. The van der Waals surface area contributed by atoms with E-state index in [-0.39, 0.29) is 0 Å². The minimum atomic E-state index is -2.12. The van der Waals surface area contributed by atoms with Crippen LogP contribution in [0.2, 0.25) is 0 Å². The first-order valence-electron chi connectivity index (χ1n) is 3.19. The summed E-state index contributed by atoms with van der Waals surface area (Å²) in [6, 6.07) is 0. The molecule has 0 amide bonds. The van der Waals surface area contributed by atoms with E-state index in [9.17, 15) is 8.42 Å². The van der Waals surface area contributed by atoms with E-state index in [1.54, 1.807) is 12.2 Å². The summed E-state index contributed by atoms with van der Waals surface area (Å²) in [6.45, 7) is 1.86. The lowest BCUT2D eigenvalue weighted by atomic mass is 10.1. The van der Waals surface area contributed by atoms with Crippen LogP contribution in [0.15, 0.2) is 23.4 Å². The van der Waals surface area contributed by atoms with Crippen LogP contribution in [0.4, 0.5) is 0 Å². The third-order valence-corrected chi connectivity index (χ3v) is 2.31. The molecule has 2 N–H and O–H groups in total. The molecule has 0 heterocycles. The Hall–Kier alpha value is -1.03. The lowest BCUT2D eigenvalue weighted by molar-refractivity contribution is 0.627. The standard InChI is InChI=1S/C7H9NO2S/c1-5-2-3-6(11(9)10)4-7(5)8/h2-3H,4,8H2,1H3. The summed E-state index contributed by atoms with van der Waals surface area (Å²) >= 11 is 0. The predicted octanol–water partition coefficient (Wildman–Crippen LogP) is 0.231. The zero-order chi connectivity index (χ0) is 8.43. The fourth-order valence-corrected chi connectivity index (χ4v) is 1.28. The van der Waals surface area contributed by atoms with E-state index in [1.807, 2.05) is 6.92 Å². The predicted molar refractivity (Wildman–Crippen MR) is 44.6 cm³/mol. The van der Waals surface area contributed by atoms with Gasteiger partial charge in [0.2, 0.25) is 10.3 Å². The molecule has 3 nitrogen and oxygen atoms in total. The van der Waals surface area contributed by atoms with E-state index in [0.717, 1.165) is 5.57 Å². The van der Waals surface area contributed by atoms with Crippen molar-refractivity contribution in [3.8, 4) is 0 Å². The van der Waals surface area contributed by atoms with Crippen molar-refractivity contribution in [1.29, 1.82) is 0 Å². The lowest BCUT2D eigenvalue weighted by Crippen LogP contribution is -2.10. The van der Waals surface area contributed by atoms with E-state index < -0.39 is 10.3 Å². The highest BCUT2D eigenvalue weighted by atomic mass is 32.2. The van der Waals surface area contributed by atoms with Gasteiger partial charge in [-0.25, -0.2) is 0 Å². The molecule has 0 aromatic heterocycles. The summed E-state index contributed by atoms with van der Waals surface area (Å²) in [5.74, 6) is 0. The summed E-state index contributed by atoms with van der Waals surface area (Å²) in [5, 5.41) is 0. The maximum atomic E-state index is 10.4. The van der Waals surface area contributed by atoms with Crippen molar-refractivity contribution in [2.45, 2.75) is 13.3 Å². The minimum absolute atomic E-state index is 0.346. The van der Waals surface area contributed by atoms with E-state index in [0.29, 0.717) is 17.0 Å². The van der Waals surface area contributed by atoms with Gasteiger partial charge >= 0.3 is 0 Å². The van der Waals surface area contributed by atoms with Crippen molar-refractivity contribution >= 4 is 15.2 Å². The van der Waals surface area contributed by atoms with Gasteiger partial charge in [-0.2, -0.15) is 8.42 Å². The van der Waals surface area contributed by atoms with Gasteiger partial charge in [-0.05, 0) is 18.6 Å². The Bertz CT molecular complexity index is 352. The van der Waals surface area contributed by atoms with Gasteiger partial charge in [-0.15, -0.1) is 0 Å². The number of hydrogen-bond acceptors (Lipinski definition) is 3. The van der Waals surface area contributed by atoms with E-state index in [1.165, 1.54) is 0 Å². The number of hydrogen-bond donors (Lipinski definition) is 1. The van der Waals surface area contributed by atoms with E-state index >= 15 is 0 Å². The second-order valence-electron chi connectivity index (χ2n) is 2.42. The van der Waals surface area contributed by atoms with Gasteiger partial charge in [0.1, 0.15) is 0 Å². The van der Waals surface area contributed by atoms with Crippen molar-refractivity contribution < 1.29 is 8.42 Å². The Morgan fingerprint density at radius 1 is 1.45 bits per heavy atom. The first kappa shape index (κ1) is 8.07. The van der Waals surface area contributed by atoms with Crippen molar-refractivity contribution in [2.24, 2.45) is 5.73 Å². The van der Waals surface area contributed by atoms with E-state index in [2.05, 4.69) is 0 Å². The summed E-state index contributed by atoms with van der Waals surface area (Å²) in [4.78, 5) is 0.355. The average molecular weight is 171 g/mol. The molecule has 60 valence electrons. The van der Waals surface area contributed by atoms with Gasteiger partial charge < -0.3 is 5.73 Å². The van der Waals surface area contributed by atoms with Crippen molar-refractivity contribution in [2.75, 3.05) is 0 Å². The van der Waals surface area contributed by atoms with Crippen LogP contribution < -0.4 is 5.73 Å². The molecule has 4 heteroatoms. The van der Waals surface area contributed by atoms with Gasteiger partial charge in [0.15, 0.2) is 0 Å². The maximum absolute atomic E-state index is 10.4. The highest BCUT2D eigenvalue weighted by Gasteiger charge is 2.06. The molecule has 0 aromatic rings. The molecule has 0 radical (unpaired) electrons. The van der Waals surface area contributed by atoms with Gasteiger partial charge in [0.25, 0.3) is 0 Å². The quantitative estimate of drug-likeness (QED) is 0.531. The first-order valence-corrected chi connectivity index (χ1v) is 4.27. The third kappa shape index (κ3) is 1.71. The van der Waals surface area contributed by atoms with Crippen LogP contribution in [0, 0.1) is 0 Å². The van der Waals surface area contributed by atoms with Crippen molar-refractivity contribution in [3.05, 3.63) is 23.4 Å². The second-order valence-corrected chi connectivity index (χ2v) is 3.41. The SMILES string of the molecule is CC1=C(N)CC(=S(=O)=O)C=C1. The molecular weight excluding hydrogens is 162 g/mol. The molecule has 0 unspecified atom stereocenters. The smallest absolute Gasteiger partial charge is 0.217 e. The molecule has 0 saturated heterocycles. The van der Waals surface area contributed by atoms with Crippen molar-refractivity contribution in [1.82, 2.24) is 0 Å². The number of nitrogens with two attached hydrogens (primary N) is 1. The molecule has 11 heavy (non-hydrogen) atoms. The summed E-state index contributed by atoms with van der Waals surface area (Å²) in [7, 11) is -2.12. The zero-order valence-electron chi connectivity index (χ0n) is 6.16. The highest BCUT2D eigenvalue weighted by Crippen LogP contribution is 2.11. The largest absolute Gasteiger partial charge is 0.402 e. The Balaban J connectivity index is 3.11. The van der Waals surface area contributed by atoms with Crippen LogP contribution in [0.25, 0.3) is 0 Å². The summed E-state index contributed by atoms with van der Waals surface area (Å²) in [5.41, 5.74) is 7.12. The Kier molecular flexibility index (Phi) is 2.14. The molecule has 0 aliphatic heterocycles. The fourth-order valence-electron chi connectivity index (χ4n) is 0.826. The van der Waals surface area contributed by atoms with Gasteiger partial charge in [0.05, 0.1) is 4.86 Å². The highest BCUT2D eigenvalue weighted by molar-refractivity contribution is 7.73. The third-order valence-electron chi connectivity index (χ3n) is 1.60. The molecular formula is C7H9NO2S. The number of rotatable bonds is 0. The van der Waals surface area contributed by atoms with E-state index in [4.69, 9.17) is 5.73 Å². The van der Waals surface area contributed by atoms with Crippen molar-refractivity contribution in [3.63, 3.8) is 0 Å². The maximum Gasteiger partial charge on any atom is 0.217 e. The van der Waals surface area contributed by atoms with Crippen LogP contribution in [-0.4, -0.2) is 13.3 Å². The molecule has 1 aliphatic carbocycles. The molecule has 1 aliphatic rings. The van der Waals surface area contributed by atoms with Crippen LogP contribution in [-0.2, 0) is 10.3 Å². The molecule has 1 rings (SSSR count). The molecule has 0 spiro atoms. The average Bonchev–Trinajstić information content (AvgIpc) is 1.94. The Morgan fingerprint density at radius 2 is 2.09 bits per heavy atom. The minimum Gasteiger partial charge on any atom is -0.402 e. The molecule has 0 atom stereocenters. The monoisotopic (exact) mass is 171 g/mol. The topological polar surface area (TPSA) is 60.2 Å². The zero-order valence-corrected chi connectivity index (χ0v) is 6.98. The molecule has 0 aromatic carbocycles. The van der Waals surface area contributed by atoms with Crippen LogP contribution >= 0.6 is 0 Å². The lowest BCUT2D eigenvalue weighted by Gasteiger charge is -2.07. The van der Waals surface area contributed by atoms with Crippen LogP contribution in [0.3, 0.4) is 0 Å². The Labute approximate surface area is 66.7 Å². The van der Waals surface area contributed by atoms with Crippen LogP contribution in [0.1, 0.15) is 13.3 Å². The Morgan fingerprint density at radius 3 is 2.55 bits per heavy atom. The molecule has 0 fully saturated rings. The summed E-state index contributed by atoms with van der Waals surface area (Å²) in [6.07, 6.45) is 3.64. The van der Waals surface area contributed by atoms with Crippen LogP contribution in [0.5, 0.6) is 0 Å². The number of allylic oxidation sites excluding steroid dienone is 4. The fraction of sp³-hybridized carbons (Fsp3) is 0.286. The first-order chi connectivity index (χ1) is 5.11. The summed E-state index contributed by atoms with van der Waals surface area (Å²) < 4.78 is 20.9. The second kappa shape index (κ2) is 2.92. The van der Waals surface area contributed by atoms with Gasteiger partial charge in [0, 0.05) is 12.1 Å².